The van der Waals surface area contributed by atoms with E-state index in [1.54, 1.807) is 0 Å². The normalized spacial score (nSPS) is 12.0. The molecule has 0 fully saturated rings. The lowest BCUT2D eigenvalue weighted by molar-refractivity contribution is -0.489. The number of rotatable bonds is 0. The van der Waals surface area contributed by atoms with Crippen LogP contribution in [-0.2, 0) is 7.05 Å². The first kappa shape index (κ1) is 15.1. The molecule has 2 aromatic carbocycles. The van der Waals surface area contributed by atoms with Gasteiger partial charge in [0.1, 0.15) is 5.52 Å². The van der Waals surface area contributed by atoms with Crippen molar-refractivity contribution in [3.63, 3.8) is 0 Å². The van der Waals surface area contributed by atoms with E-state index in [1.165, 1.54) is 55.1 Å². The summed E-state index contributed by atoms with van der Waals surface area (Å²) in [6.07, 6.45) is 0. The number of fused-ring (bicyclic) bond motifs is 6. The standard InChI is InChI=1S/C21H24N3/c1-11-9-8-10-17-18(11)21-23(7)22-16(6)24(21)20-15(5)13(3)12(2)14(4)19(17)20/h8-10H,1-7H3/q+1. The Morgan fingerprint density at radius 1 is 0.833 bits per heavy atom. The van der Waals surface area contributed by atoms with E-state index in [0.29, 0.717) is 0 Å². The zero-order chi connectivity index (χ0) is 17.3. The Labute approximate surface area is 142 Å². The number of aryl methyl sites for hydroxylation is 5. The molecule has 2 heterocycles. The van der Waals surface area contributed by atoms with Crippen LogP contribution in [0.25, 0.3) is 27.3 Å². The third-order valence-corrected chi connectivity index (χ3v) is 5.78. The zero-order valence-electron chi connectivity index (χ0n) is 15.6. The molecule has 0 saturated carbocycles. The summed E-state index contributed by atoms with van der Waals surface area (Å²) < 4.78 is 4.37. The minimum atomic E-state index is 1.04. The maximum atomic E-state index is 4.73. The summed E-state index contributed by atoms with van der Waals surface area (Å²) in [5.74, 6) is 1.04. The molecule has 24 heavy (non-hydrogen) atoms. The zero-order valence-corrected chi connectivity index (χ0v) is 15.6. The van der Waals surface area contributed by atoms with E-state index in [1.807, 2.05) is 11.7 Å². The predicted molar refractivity (Wildman–Crippen MR) is 99.8 cm³/mol. The van der Waals surface area contributed by atoms with Crippen LogP contribution in [0.4, 0.5) is 0 Å². The summed E-state index contributed by atoms with van der Waals surface area (Å²) in [5, 5.41) is 8.73. The fourth-order valence-electron chi connectivity index (χ4n) is 4.22. The van der Waals surface area contributed by atoms with Crippen molar-refractivity contribution in [2.45, 2.75) is 41.5 Å². The van der Waals surface area contributed by atoms with Crippen molar-refractivity contribution in [2.24, 2.45) is 7.05 Å². The molecule has 0 radical (unpaired) electrons. The summed E-state index contributed by atoms with van der Waals surface area (Å²) in [5.41, 5.74) is 9.27. The smallest absolute Gasteiger partial charge is 0.193 e. The second kappa shape index (κ2) is 4.79. The van der Waals surface area contributed by atoms with Gasteiger partial charge < -0.3 is 0 Å². The highest BCUT2D eigenvalue weighted by atomic mass is 15.3. The molecule has 0 atom stereocenters. The number of hydrogen-bond donors (Lipinski definition) is 0. The molecule has 0 spiro atoms. The first-order valence-electron chi connectivity index (χ1n) is 8.51. The number of hydrogen-bond acceptors (Lipinski definition) is 1. The molecule has 4 aromatic rings. The summed E-state index contributed by atoms with van der Waals surface area (Å²) >= 11 is 0. The van der Waals surface area contributed by atoms with Gasteiger partial charge >= 0.3 is 0 Å². The largest absolute Gasteiger partial charge is 0.279 e. The van der Waals surface area contributed by atoms with E-state index < -0.39 is 0 Å². The average molecular weight is 318 g/mol. The number of pyridine rings is 1. The molecule has 2 aromatic heterocycles. The number of aromatic nitrogens is 3. The van der Waals surface area contributed by atoms with Crippen molar-refractivity contribution < 1.29 is 4.40 Å². The van der Waals surface area contributed by atoms with Crippen molar-refractivity contribution in [2.75, 3.05) is 0 Å². The fraction of sp³-hybridized carbons (Fsp3) is 0.333. The average Bonchev–Trinajstić information content (AvgIpc) is 2.84. The van der Waals surface area contributed by atoms with Gasteiger partial charge in [0.15, 0.2) is 0 Å². The molecule has 0 amide bonds. The Kier molecular flexibility index (Phi) is 3.02. The van der Waals surface area contributed by atoms with Crippen LogP contribution in [0.1, 0.15) is 33.6 Å². The van der Waals surface area contributed by atoms with Crippen LogP contribution in [0, 0.1) is 41.5 Å². The third-order valence-electron chi connectivity index (χ3n) is 5.78. The van der Waals surface area contributed by atoms with Crippen LogP contribution >= 0.6 is 0 Å². The van der Waals surface area contributed by atoms with E-state index >= 15 is 0 Å². The van der Waals surface area contributed by atoms with E-state index in [-0.39, 0.29) is 0 Å². The van der Waals surface area contributed by atoms with Gasteiger partial charge in [-0.25, -0.2) is 0 Å². The maximum Gasteiger partial charge on any atom is 0.279 e. The molecule has 0 N–H and O–H groups in total. The van der Waals surface area contributed by atoms with Crippen LogP contribution in [0.5, 0.6) is 0 Å². The van der Waals surface area contributed by atoms with Crippen molar-refractivity contribution in [3.05, 3.63) is 51.8 Å². The molecule has 3 heteroatoms. The first-order chi connectivity index (χ1) is 11.3. The molecular formula is C21H24N3+. The predicted octanol–water partition coefficient (Wildman–Crippen LogP) is 4.32. The Morgan fingerprint density at radius 2 is 1.50 bits per heavy atom. The lowest BCUT2D eigenvalue weighted by Crippen LogP contribution is -2.27. The molecule has 0 unspecified atom stereocenters. The second-order valence-electron chi connectivity index (χ2n) is 7.05. The van der Waals surface area contributed by atoms with Gasteiger partial charge in [0.2, 0.25) is 0 Å². The minimum Gasteiger partial charge on any atom is -0.193 e. The fourth-order valence-corrected chi connectivity index (χ4v) is 4.22. The van der Waals surface area contributed by atoms with E-state index in [0.717, 1.165) is 5.82 Å². The molecule has 4 rings (SSSR count). The molecule has 0 bridgehead atoms. The molecule has 0 aliphatic carbocycles. The lowest BCUT2D eigenvalue weighted by Gasteiger charge is -2.16. The summed E-state index contributed by atoms with van der Waals surface area (Å²) in [7, 11) is 2.04. The van der Waals surface area contributed by atoms with E-state index in [9.17, 15) is 0 Å². The topological polar surface area (TPSA) is 21.9 Å². The van der Waals surface area contributed by atoms with Gasteiger partial charge in [-0.05, 0) is 67.8 Å². The first-order valence-corrected chi connectivity index (χ1v) is 8.51. The molecule has 0 aliphatic heterocycles. The van der Waals surface area contributed by atoms with E-state index in [4.69, 9.17) is 5.10 Å². The van der Waals surface area contributed by atoms with Gasteiger partial charge in [-0.2, -0.15) is 4.40 Å². The second-order valence-corrected chi connectivity index (χ2v) is 7.05. The molecule has 0 saturated heterocycles. The lowest BCUT2D eigenvalue weighted by atomic mass is 9.91. The molecule has 0 aliphatic rings. The maximum absolute atomic E-state index is 4.73. The number of nitrogens with zero attached hydrogens (tertiary/aromatic N) is 3. The van der Waals surface area contributed by atoms with Gasteiger partial charge in [0.05, 0.1) is 12.4 Å². The third kappa shape index (κ3) is 1.67. The van der Waals surface area contributed by atoms with Crippen molar-refractivity contribution in [3.8, 4) is 0 Å². The highest BCUT2D eigenvalue weighted by Gasteiger charge is 2.25. The minimum absolute atomic E-state index is 1.04. The SMILES string of the molecule is Cc1c(C)c(C)c2c(c1C)c1cccc(C)c1c1n(C)nc(C)[n+]21. The summed E-state index contributed by atoms with van der Waals surface area (Å²) in [6, 6.07) is 6.62. The Bertz CT molecular complexity index is 1160. The van der Waals surface area contributed by atoms with Crippen LogP contribution in [0.2, 0.25) is 0 Å². The van der Waals surface area contributed by atoms with E-state index in [2.05, 4.69) is 64.1 Å². The van der Waals surface area contributed by atoms with Crippen LogP contribution < -0.4 is 4.40 Å². The van der Waals surface area contributed by atoms with Gasteiger partial charge in [-0.1, -0.05) is 18.2 Å². The molecule has 122 valence electrons. The van der Waals surface area contributed by atoms with Crippen LogP contribution in [0.15, 0.2) is 18.2 Å². The van der Waals surface area contributed by atoms with Gasteiger partial charge in [0.25, 0.3) is 11.5 Å². The highest BCUT2D eigenvalue weighted by Crippen LogP contribution is 2.35. The monoisotopic (exact) mass is 318 g/mol. The highest BCUT2D eigenvalue weighted by molar-refractivity contribution is 6.12. The van der Waals surface area contributed by atoms with Crippen molar-refractivity contribution >= 4 is 27.3 Å². The van der Waals surface area contributed by atoms with Crippen molar-refractivity contribution in [1.82, 2.24) is 9.78 Å². The van der Waals surface area contributed by atoms with Gasteiger partial charge in [-0.3, -0.25) is 0 Å². The summed E-state index contributed by atoms with van der Waals surface area (Å²) in [4.78, 5) is 0. The quantitative estimate of drug-likeness (QED) is 0.350. The Balaban J connectivity index is 2.56. The molecule has 3 nitrogen and oxygen atoms in total. The van der Waals surface area contributed by atoms with Gasteiger partial charge in [-0.15, -0.1) is 4.68 Å². The van der Waals surface area contributed by atoms with Crippen LogP contribution in [0.3, 0.4) is 0 Å². The van der Waals surface area contributed by atoms with Crippen LogP contribution in [-0.4, -0.2) is 9.78 Å². The molecular weight excluding hydrogens is 294 g/mol. The van der Waals surface area contributed by atoms with Crippen molar-refractivity contribution in [1.29, 1.82) is 0 Å². The Morgan fingerprint density at radius 3 is 2.21 bits per heavy atom. The van der Waals surface area contributed by atoms with Gasteiger partial charge in [0, 0.05) is 17.4 Å². The Hall–Kier alpha value is -2.42. The number of benzene rings is 2. The summed E-state index contributed by atoms with van der Waals surface area (Å²) in [6.45, 7) is 13.3.